The molecule has 0 atom stereocenters. The van der Waals surface area contributed by atoms with Crippen LogP contribution in [0.1, 0.15) is 19.7 Å². The molecule has 3 aromatic rings. The molecule has 1 aliphatic heterocycles. The number of fused-ring (bicyclic) bond motifs is 2. The average molecular weight is 357 g/mol. The van der Waals surface area contributed by atoms with E-state index in [0.717, 1.165) is 47.4 Å². The van der Waals surface area contributed by atoms with Crippen molar-refractivity contribution in [2.45, 2.75) is 20.4 Å². The maximum atomic E-state index is 5.91. The van der Waals surface area contributed by atoms with Crippen LogP contribution in [-0.2, 0) is 6.54 Å². The van der Waals surface area contributed by atoms with E-state index >= 15 is 0 Å². The van der Waals surface area contributed by atoms with E-state index in [0.29, 0.717) is 0 Å². The third-order valence-corrected chi connectivity index (χ3v) is 4.49. The van der Waals surface area contributed by atoms with E-state index in [-0.39, 0.29) is 0 Å². The van der Waals surface area contributed by atoms with Crippen molar-refractivity contribution in [3.05, 3.63) is 83.9 Å². The highest BCUT2D eigenvalue weighted by Gasteiger charge is 2.23. The second kappa shape index (κ2) is 7.43. The van der Waals surface area contributed by atoms with Gasteiger partial charge in [0.25, 0.3) is 5.52 Å². The zero-order valence-electron chi connectivity index (χ0n) is 15.5. The van der Waals surface area contributed by atoms with Gasteiger partial charge in [0.2, 0.25) is 11.5 Å². The van der Waals surface area contributed by atoms with E-state index in [2.05, 4.69) is 46.9 Å². The third kappa shape index (κ3) is 3.20. The van der Waals surface area contributed by atoms with Gasteiger partial charge in [0.05, 0.1) is 5.69 Å². The average Bonchev–Trinajstić information content (AvgIpc) is 3.24. The molecule has 0 amide bonds. The van der Waals surface area contributed by atoms with Crippen molar-refractivity contribution >= 4 is 22.9 Å². The molecule has 4 rings (SSSR count). The molecule has 2 heterocycles. The molecule has 0 spiro atoms. The number of anilines is 1. The molecular formula is C23H21N2O2+. The lowest BCUT2D eigenvalue weighted by atomic mass is 10.3. The second-order valence-corrected chi connectivity index (χ2v) is 6.07. The number of allylic oxidation sites excluding steroid dienone is 2. The standard InChI is InChI=1S/C23H21N2O2/c1-3-24-18-12-8-10-14-20(18)26-22(24)16-6-5-7-17-23-25(4-2)19-13-9-11-15-21(19)27-23/h6,8-17H,3-4H2,1-2H3/q+1. The Labute approximate surface area is 158 Å². The summed E-state index contributed by atoms with van der Waals surface area (Å²) in [6.07, 6.45) is 5.51. The highest BCUT2D eigenvalue weighted by atomic mass is 16.5. The van der Waals surface area contributed by atoms with Crippen LogP contribution in [0.25, 0.3) is 17.2 Å². The number of nitrogens with zero attached hydrogens (tertiary/aromatic N) is 2. The molecule has 0 bridgehead atoms. The van der Waals surface area contributed by atoms with Crippen LogP contribution in [0.15, 0.2) is 82.4 Å². The van der Waals surface area contributed by atoms with Crippen LogP contribution in [0.2, 0.25) is 0 Å². The van der Waals surface area contributed by atoms with Crippen molar-refractivity contribution in [1.29, 1.82) is 0 Å². The summed E-state index contributed by atoms with van der Waals surface area (Å²) in [5.41, 5.74) is 9.13. The zero-order valence-corrected chi connectivity index (χ0v) is 15.5. The van der Waals surface area contributed by atoms with E-state index < -0.39 is 0 Å². The van der Waals surface area contributed by atoms with Crippen molar-refractivity contribution < 1.29 is 13.7 Å². The van der Waals surface area contributed by atoms with Gasteiger partial charge in [-0.3, -0.25) is 0 Å². The molecule has 1 aromatic heterocycles. The molecule has 0 N–H and O–H groups in total. The van der Waals surface area contributed by atoms with E-state index in [4.69, 9.17) is 9.15 Å². The van der Waals surface area contributed by atoms with Gasteiger partial charge in [-0.25, -0.2) is 0 Å². The molecule has 4 heteroatoms. The van der Waals surface area contributed by atoms with Gasteiger partial charge in [-0.05, 0) is 38.1 Å². The van der Waals surface area contributed by atoms with Crippen LogP contribution in [0.4, 0.5) is 5.69 Å². The van der Waals surface area contributed by atoms with E-state index in [1.165, 1.54) is 0 Å². The summed E-state index contributed by atoms with van der Waals surface area (Å²) in [6, 6.07) is 16.0. The van der Waals surface area contributed by atoms with E-state index in [9.17, 15) is 0 Å². The first-order valence-corrected chi connectivity index (χ1v) is 9.15. The van der Waals surface area contributed by atoms with Gasteiger partial charge in [0.1, 0.15) is 12.6 Å². The number of benzene rings is 2. The highest BCUT2D eigenvalue weighted by Crippen LogP contribution is 2.38. The predicted molar refractivity (Wildman–Crippen MR) is 106 cm³/mol. The Morgan fingerprint density at radius 1 is 1.04 bits per heavy atom. The molecule has 0 saturated heterocycles. The Balaban J connectivity index is 1.60. The van der Waals surface area contributed by atoms with Gasteiger partial charge in [-0.2, -0.15) is 4.57 Å². The summed E-state index contributed by atoms with van der Waals surface area (Å²) >= 11 is 0. The molecular weight excluding hydrogens is 336 g/mol. The Morgan fingerprint density at radius 2 is 1.85 bits per heavy atom. The van der Waals surface area contributed by atoms with Crippen LogP contribution < -0.4 is 14.2 Å². The topological polar surface area (TPSA) is 29.5 Å². The molecule has 27 heavy (non-hydrogen) atoms. The Hall–Kier alpha value is -3.45. The van der Waals surface area contributed by atoms with Gasteiger partial charge in [-0.1, -0.05) is 35.7 Å². The fourth-order valence-electron chi connectivity index (χ4n) is 3.25. The molecule has 0 aliphatic carbocycles. The number of para-hydroxylation sites is 4. The minimum absolute atomic E-state index is 0.756. The minimum Gasteiger partial charge on any atom is -0.439 e. The Morgan fingerprint density at radius 3 is 2.70 bits per heavy atom. The smallest absolute Gasteiger partial charge is 0.382 e. The monoisotopic (exact) mass is 357 g/mol. The summed E-state index contributed by atoms with van der Waals surface area (Å²) in [6.45, 7) is 5.86. The maximum Gasteiger partial charge on any atom is 0.382 e. The van der Waals surface area contributed by atoms with Crippen LogP contribution in [0.5, 0.6) is 5.75 Å². The lowest BCUT2D eigenvalue weighted by Gasteiger charge is -2.14. The van der Waals surface area contributed by atoms with Crippen molar-refractivity contribution in [1.82, 2.24) is 0 Å². The Kier molecular flexibility index (Phi) is 4.67. The largest absolute Gasteiger partial charge is 0.439 e. The number of hydrogen-bond acceptors (Lipinski definition) is 3. The van der Waals surface area contributed by atoms with E-state index in [1.807, 2.05) is 42.5 Å². The first kappa shape index (κ1) is 17.0. The van der Waals surface area contributed by atoms with Crippen LogP contribution in [-0.4, -0.2) is 6.54 Å². The first-order chi connectivity index (χ1) is 13.3. The summed E-state index contributed by atoms with van der Waals surface area (Å²) in [7, 11) is 0. The van der Waals surface area contributed by atoms with Gasteiger partial charge in [-0.15, -0.1) is 0 Å². The van der Waals surface area contributed by atoms with Crippen molar-refractivity contribution in [2.24, 2.45) is 0 Å². The van der Waals surface area contributed by atoms with Gasteiger partial charge < -0.3 is 14.1 Å². The van der Waals surface area contributed by atoms with Crippen molar-refractivity contribution in [3.63, 3.8) is 0 Å². The van der Waals surface area contributed by atoms with Crippen molar-refractivity contribution in [3.8, 4) is 5.75 Å². The normalized spacial score (nSPS) is 13.9. The molecule has 0 fully saturated rings. The fraction of sp³-hybridized carbons (Fsp3) is 0.174. The number of ether oxygens (including phenoxy) is 1. The molecule has 0 unspecified atom stereocenters. The fourth-order valence-corrected chi connectivity index (χ4v) is 3.25. The number of oxazole rings is 1. The number of hydrogen-bond donors (Lipinski definition) is 0. The van der Waals surface area contributed by atoms with Gasteiger partial charge in [0.15, 0.2) is 5.75 Å². The van der Waals surface area contributed by atoms with Crippen LogP contribution in [0.3, 0.4) is 0 Å². The molecule has 4 nitrogen and oxygen atoms in total. The van der Waals surface area contributed by atoms with Crippen molar-refractivity contribution in [2.75, 3.05) is 11.4 Å². The zero-order chi connectivity index (χ0) is 18.6. The second-order valence-electron chi connectivity index (χ2n) is 6.07. The Bertz CT molecular complexity index is 1110. The SMILES string of the molecule is CCN1C(=CC=C=C=Cc2oc3ccccc3[n+]2CC)Oc2ccccc21. The predicted octanol–water partition coefficient (Wildman–Crippen LogP) is 4.82. The summed E-state index contributed by atoms with van der Waals surface area (Å²) in [5, 5.41) is 0. The third-order valence-electron chi connectivity index (χ3n) is 4.49. The molecule has 0 radical (unpaired) electrons. The van der Waals surface area contributed by atoms with Crippen LogP contribution >= 0.6 is 0 Å². The lowest BCUT2D eigenvalue weighted by Crippen LogP contribution is -2.33. The number of aryl methyl sites for hydroxylation is 1. The van der Waals surface area contributed by atoms with E-state index in [1.54, 1.807) is 12.2 Å². The molecule has 134 valence electrons. The molecule has 2 aromatic carbocycles. The summed E-state index contributed by atoms with van der Waals surface area (Å²) < 4.78 is 13.9. The van der Waals surface area contributed by atoms with Crippen LogP contribution in [0, 0.1) is 0 Å². The maximum absolute atomic E-state index is 5.91. The number of rotatable bonds is 4. The van der Waals surface area contributed by atoms with Gasteiger partial charge >= 0.3 is 5.89 Å². The summed E-state index contributed by atoms with van der Waals surface area (Å²) in [5.74, 6) is 2.43. The summed E-state index contributed by atoms with van der Waals surface area (Å²) in [4.78, 5) is 2.13. The first-order valence-electron chi connectivity index (χ1n) is 9.15. The molecule has 0 saturated carbocycles. The molecule has 1 aliphatic rings. The van der Waals surface area contributed by atoms with Gasteiger partial charge in [0, 0.05) is 18.7 Å². The minimum atomic E-state index is 0.756. The highest BCUT2D eigenvalue weighted by molar-refractivity contribution is 5.69. The number of aromatic nitrogens is 1. The quantitative estimate of drug-likeness (QED) is 0.495. The lowest BCUT2D eigenvalue weighted by molar-refractivity contribution is -0.674.